The number of Topliss-reactive ketones (excluding diaryl/α,β-unsaturated/α-hetero) is 2. The summed E-state index contributed by atoms with van der Waals surface area (Å²) >= 11 is 1.12. The lowest BCUT2D eigenvalue weighted by atomic mass is 9.77. The lowest BCUT2D eigenvalue weighted by Crippen LogP contribution is -2.44. The zero-order valence-electron chi connectivity index (χ0n) is 14.3. The van der Waals surface area contributed by atoms with Crippen molar-refractivity contribution >= 4 is 29.2 Å². The highest BCUT2D eigenvalue weighted by Gasteiger charge is 2.63. The zero-order chi connectivity index (χ0) is 18.4. The van der Waals surface area contributed by atoms with Crippen LogP contribution in [0.4, 0.5) is 0 Å². The molecule has 1 aliphatic carbocycles. The molecule has 1 unspecified atom stereocenters. The van der Waals surface area contributed by atoms with Gasteiger partial charge < -0.3 is 0 Å². The van der Waals surface area contributed by atoms with Crippen molar-refractivity contribution in [3.8, 4) is 0 Å². The van der Waals surface area contributed by atoms with Crippen LogP contribution in [0.1, 0.15) is 37.8 Å². The molecule has 1 atom stereocenters. The monoisotopic (exact) mass is 369 g/mol. The number of nitrogens with zero attached hydrogens (tertiary/aromatic N) is 1. The second kappa shape index (κ2) is 6.03. The van der Waals surface area contributed by atoms with E-state index < -0.39 is 10.7 Å². The van der Waals surface area contributed by atoms with Gasteiger partial charge in [-0.15, -0.1) is 0 Å². The highest BCUT2D eigenvalue weighted by Crippen LogP contribution is 2.55. The van der Waals surface area contributed by atoms with Crippen molar-refractivity contribution in [1.29, 1.82) is 0 Å². The molecule has 0 radical (unpaired) electrons. The summed E-state index contributed by atoms with van der Waals surface area (Å²) in [4.78, 5) is 27.0. The van der Waals surface area contributed by atoms with Crippen molar-refractivity contribution in [2.45, 2.75) is 10.7 Å². The molecule has 3 aromatic carbocycles. The Balaban J connectivity index is 1.73. The first kappa shape index (κ1) is 16.2. The summed E-state index contributed by atoms with van der Waals surface area (Å²) < 4.78 is 3.42. The van der Waals surface area contributed by atoms with E-state index in [0.29, 0.717) is 11.1 Å². The van der Waals surface area contributed by atoms with Crippen LogP contribution in [0.5, 0.6) is 0 Å². The van der Waals surface area contributed by atoms with Crippen molar-refractivity contribution in [2.75, 3.05) is 0 Å². The predicted molar refractivity (Wildman–Crippen MR) is 108 cm³/mol. The largest absolute Gasteiger partial charge is 0.292 e. The SMILES string of the molecule is O=C1c2ccccc2C(=O)C12SN=C(c1ccccc1)C2c1ccccc1. The van der Waals surface area contributed by atoms with E-state index in [0.717, 1.165) is 28.8 Å². The number of rotatable bonds is 2. The van der Waals surface area contributed by atoms with Crippen LogP contribution in [0.3, 0.4) is 0 Å². The second-order valence-corrected chi connectivity index (χ2v) is 7.73. The fraction of sp³-hybridized carbons (Fsp3) is 0.0870. The Morgan fingerprint density at radius 1 is 0.704 bits per heavy atom. The van der Waals surface area contributed by atoms with Gasteiger partial charge in [-0.1, -0.05) is 84.9 Å². The Kier molecular flexibility index (Phi) is 3.62. The molecule has 1 spiro atoms. The van der Waals surface area contributed by atoms with Crippen LogP contribution < -0.4 is 0 Å². The van der Waals surface area contributed by atoms with Gasteiger partial charge in [-0.3, -0.25) is 9.59 Å². The normalized spacial score (nSPS) is 20.0. The lowest BCUT2D eigenvalue weighted by Gasteiger charge is -2.27. The summed E-state index contributed by atoms with van der Waals surface area (Å²) in [5.74, 6) is -0.702. The maximum atomic E-state index is 13.5. The Labute approximate surface area is 161 Å². The molecule has 4 heteroatoms. The van der Waals surface area contributed by atoms with E-state index in [-0.39, 0.29) is 11.6 Å². The van der Waals surface area contributed by atoms with Crippen molar-refractivity contribution < 1.29 is 9.59 Å². The van der Waals surface area contributed by atoms with Crippen molar-refractivity contribution in [2.24, 2.45) is 4.40 Å². The summed E-state index contributed by atoms with van der Waals surface area (Å²) in [5.41, 5.74) is 3.65. The standard InChI is InChI=1S/C23H15NO2S/c25-21-17-13-7-8-14-18(17)22(26)23(21)19(15-9-3-1-4-10-15)20(24-27-23)16-11-5-2-6-12-16/h1-14,19H. The summed E-state index contributed by atoms with van der Waals surface area (Å²) in [6.07, 6.45) is 0. The average Bonchev–Trinajstić information content (AvgIpc) is 3.23. The van der Waals surface area contributed by atoms with Crippen LogP contribution in [-0.2, 0) is 0 Å². The summed E-state index contributed by atoms with van der Waals surface area (Å²) in [6.45, 7) is 0. The number of benzene rings is 3. The van der Waals surface area contributed by atoms with Crippen LogP contribution in [0.2, 0.25) is 0 Å². The Morgan fingerprint density at radius 3 is 1.81 bits per heavy atom. The van der Waals surface area contributed by atoms with Crippen LogP contribution in [0.25, 0.3) is 0 Å². The second-order valence-electron chi connectivity index (χ2n) is 6.72. The minimum atomic E-state index is -1.25. The van der Waals surface area contributed by atoms with Gasteiger partial charge in [-0.05, 0) is 23.1 Å². The Hall–Kier alpha value is -2.98. The topological polar surface area (TPSA) is 46.5 Å². The number of hydrogen-bond acceptors (Lipinski definition) is 4. The highest BCUT2D eigenvalue weighted by atomic mass is 32.2. The summed E-state index contributed by atoms with van der Waals surface area (Å²) in [7, 11) is 0. The molecule has 0 aromatic heterocycles. The Morgan fingerprint density at radius 2 is 1.22 bits per heavy atom. The van der Waals surface area contributed by atoms with Gasteiger partial charge in [-0.2, -0.15) is 0 Å². The fourth-order valence-electron chi connectivity index (χ4n) is 4.01. The first-order chi connectivity index (χ1) is 13.2. The molecule has 0 saturated carbocycles. The molecule has 0 bridgehead atoms. The molecule has 130 valence electrons. The van der Waals surface area contributed by atoms with Crippen molar-refractivity contribution in [3.05, 3.63) is 107 Å². The molecule has 0 amide bonds. The van der Waals surface area contributed by atoms with Gasteiger partial charge in [-0.25, -0.2) is 4.40 Å². The van der Waals surface area contributed by atoms with Crippen LogP contribution in [0.15, 0.2) is 89.3 Å². The smallest absolute Gasteiger partial charge is 0.190 e. The molecule has 3 aromatic rings. The Bertz CT molecular complexity index is 1050. The van der Waals surface area contributed by atoms with E-state index in [1.807, 2.05) is 60.7 Å². The van der Waals surface area contributed by atoms with Crippen LogP contribution in [0, 0.1) is 0 Å². The van der Waals surface area contributed by atoms with Crippen LogP contribution in [-0.4, -0.2) is 22.0 Å². The summed E-state index contributed by atoms with van der Waals surface area (Å²) in [5, 5.41) is 0. The van der Waals surface area contributed by atoms with Gasteiger partial charge in [0.1, 0.15) is 0 Å². The van der Waals surface area contributed by atoms with Crippen LogP contribution >= 0.6 is 11.9 Å². The number of hydrogen-bond donors (Lipinski definition) is 0. The lowest BCUT2D eigenvalue weighted by molar-refractivity contribution is 0.0863. The zero-order valence-corrected chi connectivity index (χ0v) is 15.1. The van der Waals surface area contributed by atoms with E-state index in [2.05, 4.69) is 4.40 Å². The van der Waals surface area contributed by atoms with Crippen molar-refractivity contribution in [3.63, 3.8) is 0 Å². The maximum Gasteiger partial charge on any atom is 0.190 e. The molecular weight excluding hydrogens is 354 g/mol. The highest BCUT2D eigenvalue weighted by molar-refractivity contribution is 8.01. The van der Waals surface area contributed by atoms with Gasteiger partial charge in [0.05, 0.1) is 11.6 Å². The van der Waals surface area contributed by atoms with Gasteiger partial charge in [0.15, 0.2) is 16.3 Å². The quantitative estimate of drug-likeness (QED) is 0.484. The molecule has 0 fully saturated rings. The average molecular weight is 369 g/mol. The van der Waals surface area contributed by atoms with E-state index in [1.165, 1.54) is 0 Å². The number of fused-ring (bicyclic) bond motifs is 1. The van der Waals surface area contributed by atoms with E-state index >= 15 is 0 Å². The molecule has 27 heavy (non-hydrogen) atoms. The third-order valence-electron chi connectivity index (χ3n) is 5.26. The molecule has 3 nitrogen and oxygen atoms in total. The van der Waals surface area contributed by atoms with Gasteiger partial charge in [0.25, 0.3) is 0 Å². The molecule has 0 N–H and O–H groups in total. The molecule has 2 aliphatic rings. The fourth-order valence-corrected chi connectivity index (χ4v) is 5.20. The third kappa shape index (κ3) is 2.20. The van der Waals surface area contributed by atoms with Gasteiger partial charge >= 0.3 is 0 Å². The number of carbonyl (C=O) groups excluding carboxylic acids is 2. The van der Waals surface area contributed by atoms with Crippen molar-refractivity contribution in [1.82, 2.24) is 0 Å². The molecule has 0 saturated heterocycles. The summed E-state index contributed by atoms with van der Waals surface area (Å²) in [6, 6.07) is 26.6. The molecule has 1 heterocycles. The minimum absolute atomic E-state index is 0.142. The number of carbonyl (C=O) groups is 2. The minimum Gasteiger partial charge on any atom is -0.292 e. The van der Waals surface area contributed by atoms with E-state index in [1.54, 1.807) is 24.3 Å². The van der Waals surface area contributed by atoms with E-state index in [9.17, 15) is 9.59 Å². The predicted octanol–water partition coefficient (Wildman–Crippen LogP) is 4.74. The molecular formula is C23H15NO2S. The van der Waals surface area contributed by atoms with Gasteiger partial charge in [0, 0.05) is 11.1 Å². The third-order valence-corrected chi connectivity index (χ3v) is 6.44. The molecule has 1 aliphatic heterocycles. The van der Waals surface area contributed by atoms with Gasteiger partial charge in [0.2, 0.25) is 0 Å². The van der Waals surface area contributed by atoms with E-state index in [4.69, 9.17) is 0 Å². The molecule has 5 rings (SSSR count). The first-order valence-electron chi connectivity index (χ1n) is 8.78. The number of ketones is 2. The first-order valence-corrected chi connectivity index (χ1v) is 9.56. The maximum absolute atomic E-state index is 13.5.